The van der Waals surface area contributed by atoms with Crippen LogP contribution >= 0.6 is 11.8 Å². The van der Waals surface area contributed by atoms with E-state index in [9.17, 15) is 0 Å². The maximum absolute atomic E-state index is 3.84. The number of anilines is 2. The van der Waals surface area contributed by atoms with Crippen LogP contribution in [0, 0.1) is 0 Å². The van der Waals surface area contributed by atoms with Crippen molar-refractivity contribution < 1.29 is 0 Å². The Hall–Kier alpha value is -5.97. The molecular formula is C49H37N3S. The lowest BCUT2D eigenvalue weighted by atomic mass is 9.81. The number of hydrogen-bond acceptors (Lipinski definition) is 3. The first-order chi connectivity index (χ1) is 26.3. The topological polar surface area (TPSA) is 20.2 Å². The van der Waals surface area contributed by atoms with E-state index >= 15 is 0 Å². The van der Waals surface area contributed by atoms with E-state index in [1.165, 1.54) is 83.2 Å². The van der Waals surface area contributed by atoms with Crippen molar-refractivity contribution in [1.82, 2.24) is 9.88 Å². The molecule has 1 aromatic heterocycles. The molecule has 3 heterocycles. The Bertz CT molecular complexity index is 2650. The summed E-state index contributed by atoms with van der Waals surface area (Å²) in [6, 6.07) is 55.9. The number of hydrogen-bond donors (Lipinski definition) is 1. The molecule has 6 aromatic carbocycles. The van der Waals surface area contributed by atoms with Gasteiger partial charge in [-0.05, 0) is 65.4 Å². The zero-order valence-corrected chi connectivity index (χ0v) is 30.0. The highest BCUT2D eigenvalue weighted by molar-refractivity contribution is 8.03. The fourth-order valence-corrected chi connectivity index (χ4v) is 10.4. The van der Waals surface area contributed by atoms with E-state index in [2.05, 4.69) is 191 Å². The molecule has 0 radical (unpaired) electrons. The fourth-order valence-electron chi connectivity index (χ4n) is 9.17. The van der Waals surface area contributed by atoms with E-state index in [1.807, 2.05) is 11.8 Å². The van der Waals surface area contributed by atoms with Gasteiger partial charge in [0.15, 0.2) is 0 Å². The molecule has 254 valence electrons. The monoisotopic (exact) mass is 699 g/mol. The van der Waals surface area contributed by atoms with Crippen LogP contribution in [0.25, 0.3) is 45.1 Å². The predicted octanol–water partition coefficient (Wildman–Crippen LogP) is 12.9. The number of fused-ring (bicyclic) bond motifs is 9. The van der Waals surface area contributed by atoms with Gasteiger partial charge in [-0.25, -0.2) is 0 Å². The summed E-state index contributed by atoms with van der Waals surface area (Å²) < 4.78 is 2.48. The Morgan fingerprint density at radius 3 is 2.17 bits per heavy atom. The highest BCUT2D eigenvalue weighted by Gasteiger charge is 2.36. The molecule has 3 nitrogen and oxygen atoms in total. The van der Waals surface area contributed by atoms with Crippen LogP contribution in [0.1, 0.15) is 52.4 Å². The molecular weight excluding hydrogens is 663 g/mol. The van der Waals surface area contributed by atoms with Crippen LogP contribution in [0.3, 0.4) is 0 Å². The Morgan fingerprint density at radius 2 is 1.32 bits per heavy atom. The average Bonchev–Trinajstić information content (AvgIpc) is 3.78. The van der Waals surface area contributed by atoms with E-state index in [4.69, 9.17) is 0 Å². The lowest BCUT2D eigenvalue weighted by molar-refractivity contribution is 0.697. The zero-order chi connectivity index (χ0) is 34.9. The molecule has 0 saturated carbocycles. The summed E-state index contributed by atoms with van der Waals surface area (Å²) in [4.78, 5) is 4.02. The molecule has 0 bridgehead atoms. The van der Waals surface area contributed by atoms with Gasteiger partial charge in [-0.2, -0.15) is 0 Å². The van der Waals surface area contributed by atoms with Crippen LogP contribution in [0.5, 0.6) is 0 Å². The lowest BCUT2D eigenvalue weighted by Gasteiger charge is -2.38. The van der Waals surface area contributed by atoms with Crippen LogP contribution in [-0.4, -0.2) is 4.57 Å². The minimum atomic E-state index is 0.127. The number of aromatic nitrogens is 1. The summed E-state index contributed by atoms with van der Waals surface area (Å²) in [6.07, 6.45) is 11.7. The van der Waals surface area contributed by atoms with Gasteiger partial charge in [-0.15, -0.1) is 0 Å². The highest BCUT2D eigenvalue weighted by atomic mass is 32.2. The van der Waals surface area contributed by atoms with E-state index in [1.54, 1.807) is 0 Å². The van der Waals surface area contributed by atoms with Crippen LogP contribution in [0.15, 0.2) is 180 Å². The Balaban J connectivity index is 1.06. The van der Waals surface area contributed by atoms with Crippen molar-refractivity contribution in [2.24, 2.45) is 0 Å². The van der Waals surface area contributed by atoms with Crippen LogP contribution in [0.2, 0.25) is 0 Å². The van der Waals surface area contributed by atoms with E-state index < -0.39 is 0 Å². The second-order valence-electron chi connectivity index (χ2n) is 14.4. The van der Waals surface area contributed by atoms with Crippen molar-refractivity contribution in [1.29, 1.82) is 0 Å². The molecule has 4 heteroatoms. The Morgan fingerprint density at radius 1 is 0.623 bits per heavy atom. The number of benzene rings is 6. The summed E-state index contributed by atoms with van der Waals surface area (Å²) in [5.41, 5.74) is 16.7. The third kappa shape index (κ3) is 4.82. The number of thioether (sulfide) groups is 1. The molecule has 0 amide bonds. The number of allylic oxidation sites excluding steroid dienone is 2. The smallest absolute Gasteiger partial charge is 0.103 e. The fraction of sp³-hybridized carbons (Fsp3) is 0.102. The number of nitrogens with one attached hydrogen (secondary N) is 1. The van der Waals surface area contributed by atoms with Gasteiger partial charge in [0.1, 0.15) is 5.37 Å². The molecule has 0 spiro atoms. The molecule has 1 fully saturated rings. The zero-order valence-electron chi connectivity index (χ0n) is 29.2. The molecule has 2 aliphatic carbocycles. The lowest BCUT2D eigenvalue weighted by Crippen LogP contribution is -2.26. The Labute approximate surface area is 314 Å². The molecule has 1 saturated heterocycles. The standard InChI is InChI=1S/C49H37N3S/c1-3-15-32(16-4-1)49-50-41-31-33(29-30-46(41)53-49)35-22-13-24-37-36(35)23-14-28-42(37)52-44-26-11-8-20-39(44)47-38-19-7-10-25-43(38)51(34-17-5-2-6-18-34)48(47)40-21-9-12-27-45(40)52/h1-27,30-31,33,42,49-50H,28-29H2. The number of para-hydroxylation sites is 4. The molecule has 4 aliphatic rings. The van der Waals surface area contributed by atoms with Crippen molar-refractivity contribution in [3.8, 4) is 28.1 Å². The summed E-state index contributed by atoms with van der Waals surface area (Å²) in [7, 11) is 0. The summed E-state index contributed by atoms with van der Waals surface area (Å²) in [5, 5.41) is 5.37. The predicted molar refractivity (Wildman–Crippen MR) is 223 cm³/mol. The minimum Gasteiger partial charge on any atom is -0.369 e. The quantitative estimate of drug-likeness (QED) is 0.197. The summed E-state index contributed by atoms with van der Waals surface area (Å²) >= 11 is 1.94. The second kappa shape index (κ2) is 12.3. The van der Waals surface area contributed by atoms with Gasteiger partial charge < -0.3 is 14.8 Å². The van der Waals surface area contributed by atoms with Gasteiger partial charge in [-0.1, -0.05) is 157 Å². The van der Waals surface area contributed by atoms with Crippen molar-refractivity contribution in [2.75, 3.05) is 4.90 Å². The van der Waals surface area contributed by atoms with Crippen molar-refractivity contribution in [3.05, 3.63) is 203 Å². The number of nitrogens with zero attached hydrogens (tertiary/aromatic N) is 2. The average molecular weight is 700 g/mol. The van der Waals surface area contributed by atoms with Crippen molar-refractivity contribution >= 4 is 40.1 Å². The normalized spacial score (nSPS) is 19.5. The molecule has 7 aromatic rings. The SMILES string of the molecule is C1=Cc2c(C3C=C4NC(c5ccccc5)SC4=CC3)cccc2C(N2c3ccccc3-c3c(n(-c4ccccc4)c4ccccc34)-c3ccccc32)C1. The molecule has 2 aliphatic heterocycles. The minimum absolute atomic E-state index is 0.127. The van der Waals surface area contributed by atoms with Gasteiger partial charge >= 0.3 is 0 Å². The van der Waals surface area contributed by atoms with Crippen molar-refractivity contribution in [3.63, 3.8) is 0 Å². The summed E-state index contributed by atoms with van der Waals surface area (Å²) in [5.74, 6) is 0.305. The van der Waals surface area contributed by atoms with E-state index in [0.29, 0.717) is 5.92 Å². The first kappa shape index (κ1) is 30.6. The van der Waals surface area contributed by atoms with Crippen molar-refractivity contribution in [2.45, 2.75) is 30.2 Å². The maximum Gasteiger partial charge on any atom is 0.103 e. The van der Waals surface area contributed by atoms with E-state index in [-0.39, 0.29) is 11.4 Å². The van der Waals surface area contributed by atoms with Crippen LogP contribution < -0.4 is 10.2 Å². The third-order valence-corrected chi connectivity index (χ3v) is 12.7. The third-order valence-electron chi connectivity index (χ3n) is 11.5. The van der Waals surface area contributed by atoms with E-state index in [0.717, 1.165) is 12.8 Å². The Kier molecular flexibility index (Phi) is 7.12. The number of rotatable bonds is 4. The molecule has 1 N–H and O–H groups in total. The molecule has 3 unspecified atom stereocenters. The van der Waals surface area contributed by atoms with Crippen LogP contribution in [0.4, 0.5) is 11.4 Å². The molecule has 53 heavy (non-hydrogen) atoms. The molecule has 11 rings (SSSR count). The summed E-state index contributed by atoms with van der Waals surface area (Å²) in [6.45, 7) is 0. The van der Waals surface area contributed by atoms with Gasteiger partial charge in [0.05, 0.1) is 22.9 Å². The second-order valence-corrected chi connectivity index (χ2v) is 15.5. The maximum atomic E-state index is 3.84. The van der Waals surface area contributed by atoms with Gasteiger partial charge in [0, 0.05) is 50.0 Å². The molecule has 3 atom stereocenters. The first-order valence-electron chi connectivity index (χ1n) is 18.7. The van der Waals surface area contributed by atoms with Gasteiger partial charge in [-0.3, -0.25) is 0 Å². The largest absolute Gasteiger partial charge is 0.369 e. The van der Waals surface area contributed by atoms with Gasteiger partial charge in [0.25, 0.3) is 0 Å². The van der Waals surface area contributed by atoms with Crippen LogP contribution in [-0.2, 0) is 0 Å². The van der Waals surface area contributed by atoms with Gasteiger partial charge in [0.2, 0.25) is 0 Å². The highest BCUT2D eigenvalue weighted by Crippen LogP contribution is 2.56. The first-order valence-corrected chi connectivity index (χ1v) is 19.6.